The third-order valence-corrected chi connectivity index (χ3v) is 2.23. The Bertz CT molecular complexity index is 316. The second-order valence-corrected chi connectivity index (χ2v) is 3.76. The number of rotatable bonds is 5. The first kappa shape index (κ1) is 11.7. The first-order valence-electron chi connectivity index (χ1n) is 5.07. The molecule has 1 rings (SSSR count). The van der Waals surface area contributed by atoms with Crippen LogP contribution in [0, 0.1) is 12.8 Å². The highest BCUT2D eigenvalue weighted by Crippen LogP contribution is 2.12. The molecule has 1 aromatic rings. The molecule has 5 nitrogen and oxygen atoms in total. The van der Waals surface area contributed by atoms with Gasteiger partial charge < -0.3 is 16.2 Å². The van der Waals surface area contributed by atoms with Crippen molar-refractivity contribution in [1.29, 1.82) is 0 Å². The van der Waals surface area contributed by atoms with Crippen molar-refractivity contribution >= 4 is 11.8 Å². The van der Waals surface area contributed by atoms with Crippen molar-refractivity contribution in [1.82, 2.24) is 9.97 Å². The zero-order valence-corrected chi connectivity index (χ0v) is 9.20. The zero-order chi connectivity index (χ0) is 11.3. The van der Waals surface area contributed by atoms with Crippen LogP contribution in [0.4, 0.5) is 11.8 Å². The normalized spacial score (nSPS) is 12.5. The van der Waals surface area contributed by atoms with Gasteiger partial charge in [0.2, 0.25) is 5.95 Å². The van der Waals surface area contributed by atoms with Crippen molar-refractivity contribution in [3.63, 3.8) is 0 Å². The van der Waals surface area contributed by atoms with Crippen LogP contribution >= 0.6 is 0 Å². The predicted molar refractivity (Wildman–Crippen MR) is 60.5 cm³/mol. The molecular weight excluding hydrogens is 192 g/mol. The molecule has 5 heteroatoms. The highest BCUT2D eigenvalue weighted by molar-refractivity contribution is 5.44. The Morgan fingerprint density at radius 2 is 2.33 bits per heavy atom. The molecule has 0 fully saturated rings. The standard InChI is InChI=1S/C10H18N4O/c1-7(3-4-15)5-12-9-8(2)6-13-10(11)14-9/h6-7,15H,3-5H2,1-2H3,(H3,11,12,13,14). The lowest BCUT2D eigenvalue weighted by Crippen LogP contribution is -2.14. The summed E-state index contributed by atoms with van der Waals surface area (Å²) in [7, 11) is 0. The monoisotopic (exact) mass is 210 g/mol. The fourth-order valence-electron chi connectivity index (χ4n) is 1.23. The van der Waals surface area contributed by atoms with Gasteiger partial charge in [-0.05, 0) is 19.3 Å². The van der Waals surface area contributed by atoms with Crippen molar-refractivity contribution in [2.45, 2.75) is 20.3 Å². The van der Waals surface area contributed by atoms with Gasteiger partial charge in [0.1, 0.15) is 5.82 Å². The van der Waals surface area contributed by atoms with E-state index >= 15 is 0 Å². The molecule has 1 unspecified atom stereocenters. The number of aliphatic hydroxyl groups excluding tert-OH is 1. The molecule has 15 heavy (non-hydrogen) atoms. The maximum absolute atomic E-state index is 8.76. The summed E-state index contributed by atoms with van der Waals surface area (Å²) in [6.45, 7) is 4.99. The van der Waals surface area contributed by atoms with Crippen LogP contribution in [0.25, 0.3) is 0 Å². The van der Waals surface area contributed by atoms with E-state index in [-0.39, 0.29) is 12.6 Å². The number of nitrogens with one attached hydrogen (secondary N) is 1. The van der Waals surface area contributed by atoms with Crippen LogP contribution in [0.2, 0.25) is 0 Å². The molecule has 0 aliphatic heterocycles. The number of hydrogen-bond acceptors (Lipinski definition) is 5. The lowest BCUT2D eigenvalue weighted by Gasteiger charge is -2.13. The van der Waals surface area contributed by atoms with Gasteiger partial charge in [-0.25, -0.2) is 4.98 Å². The molecule has 0 radical (unpaired) electrons. The lowest BCUT2D eigenvalue weighted by molar-refractivity contribution is 0.266. The number of anilines is 2. The molecule has 0 saturated carbocycles. The van der Waals surface area contributed by atoms with Crippen LogP contribution in [0.15, 0.2) is 6.20 Å². The third kappa shape index (κ3) is 3.71. The molecule has 1 heterocycles. The topological polar surface area (TPSA) is 84.1 Å². The van der Waals surface area contributed by atoms with Crippen LogP contribution in [0.5, 0.6) is 0 Å². The predicted octanol–water partition coefficient (Wildman–Crippen LogP) is 0.798. The van der Waals surface area contributed by atoms with E-state index in [0.717, 1.165) is 24.3 Å². The van der Waals surface area contributed by atoms with Gasteiger partial charge in [0, 0.05) is 24.9 Å². The number of aryl methyl sites for hydroxylation is 1. The minimum atomic E-state index is 0.216. The van der Waals surface area contributed by atoms with Crippen LogP contribution in [-0.4, -0.2) is 28.2 Å². The van der Waals surface area contributed by atoms with Gasteiger partial charge >= 0.3 is 0 Å². The number of nitrogens with two attached hydrogens (primary N) is 1. The Morgan fingerprint density at radius 3 is 3.00 bits per heavy atom. The van der Waals surface area contributed by atoms with Gasteiger partial charge in [-0.1, -0.05) is 6.92 Å². The van der Waals surface area contributed by atoms with Crippen LogP contribution < -0.4 is 11.1 Å². The summed E-state index contributed by atoms with van der Waals surface area (Å²) in [4.78, 5) is 7.99. The van der Waals surface area contributed by atoms with Crippen molar-refractivity contribution < 1.29 is 5.11 Å². The van der Waals surface area contributed by atoms with E-state index in [1.165, 1.54) is 0 Å². The molecule has 1 aromatic heterocycles. The largest absolute Gasteiger partial charge is 0.396 e. The molecule has 0 saturated heterocycles. The van der Waals surface area contributed by atoms with Gasteiger partial charge in [0.25, 0.3) is 0 Å². The number of hydrogen-bond donors (Lipinski definition) is 3. The summed E-state index contributed by atoms with van der Waals surface area (Å²) in [5.41, 5.74) is 6.46. The van der Waals surface area contributed by atoms with E-state index in [4.69, 9.17) is 10.8 Å². The second kappa shape index (κ2) is 5.50. The number of nitrogen functional groups attached to an aromatic ring is 1. The van der Waals surface area contributed by atoms with E-state index in [9.17, 15) is 0 Å². The van der Waals surface area contributed by atoms with Crippen molar-refractivity contribution in [3.8, 4) is 0 Å². The minimum absolute atomic E-state index is 0.216. The van der Waals surface area contributed by atoms with E-state index in [2.05, 4.69) is 22.2 Å². The van der Waals surface area contributed by atoms with E-state index < -0.39 is 0 Å². The summed E-state index contributed by atoms with van der Waals surface area (Å²) >= 11 is 0. The number of aromatic nitrogens is 2. The molecule has 84 valence electrons. The molecule has 0 aromatic carbocycles. The minimum Gasteiger partial charge on any atom is -0.396 e. The molecule has 0 amide bonds. The molecule has 0 spiro atoms. The van der Waals surface area contributed by atoms with Crippen LogP contribution in [-0.2, 0) is 0 Å². The Hall–Kier alpha value is -1.36. The summed E-state index contributed by atoms with van der Waals surface area (Å²) in [5, 5.41) is 12.0. The van der Waals surface area contributed by atoms with Gasteiger partial charge in [0.05, 0.1) is 0 Å². The quantitative estimate of drug-likeness (QED) is 0.669. The summed E-state index contributed by atoms with van der Waals surface area (Å²) < 4.78 is 0. The average Bonchev–Trinajstić information content (AvgIpc) is 2.20. The van der Waals surface area contributed by atoms with Gasteiger partial charge in [0.15, 0.2) is 0 Å². The van der Waals surface area contributed by atoms with Gasteiger partial charge in [-0.3, -0.25) is 0 Å². The Kier molecular flexibility index (Phi) is 4.30. The van der Waals surface area contributed by atoms with E-state index in [0.29, 0.717) is 5.92 Å². The molecule has 1 atom stereocenters. The molecular formula is C10H18N4O. The summed E-state index contributed by atoms with van der Waals surface area (Å²) in [6.07, 6.45) is 2.48. The fraction of sp³-hybridized carbons (Fsp3) is 0.600. The molecule has 0 bridgehead atoms. The summed E-state index contributed by atoms with van der Waals surface area (Å²) in [5.74, 6) is 1.45. The summed E-state index contributed by atoms with van der Waals surface area (Å²) in [6, 6.07) is 0. The Balaban J connectivity index is 2.53. The average molecular weight is 210 g/mol. The van der Waals surface area contributed by atoms with Crippen LogP contribution in [0.1, 0.15) is 18.9 Å². The van der Waals surface area contributed by atoms with Gasteiger partial charge in [-0.15, -0.1) is 0 Å². The van der Waals surface area contributed by atoms with E-state index in [1.54, 1.807) is 6.20 Å². The Morgan fingerprint density at radius 1 is 1.60 bits per heavy atom. The number of nitrogens with zero attached hydrogens (tertiary/aromatic N) is 2. The maximum atomic E-state index is 8.76. The molecule has 4 N–H and O–H groups in total. The fourth-order valence-corrected chi connectivity index (χ4v) is 1.23. The van der Waals surface area contributed by atoms with Crippen molar-refractivity contribution in [2.24, 2.45) is 5.92 Å². The maximum Gasteiger partial charge on any atom is 0.221 e. The third-order valence-electron chi connectivity index (χ3n) is 2.23. The molecule has 0 aliphatic carbocycles. The lowest BCUT2D eigenvalue weighted by atomic mass is 10.1. The van der Waals surface area contributed by atoms with Crippen molar-refractivity contribution in [2.75, 3.05) is 24.2 Å². The first-order chi connectivity index (χ1) is 7.13. The Labute approximate surface area is 89.7 Å². The zero-order valence-electron chi connectivity index (χ0n) is 9.20. The first-order valence-corrected chi connectivity index (χ1v) is 5.07. The van der Waals surface area contributed by atoms with Gasteiger partial charge in [-0.2, -0.15) is 4.98 Å². The van der Waals surface area contributed by atoms with Crippen LogP contribution in [0.3, 0.4) is 0 Å². The SMILES string of the molecule is Cc1cnc(N)nc1NCC(C)CCO. The smallest absolute Gasteiger partial charge is 0.221 e. The molecule has 0 aliphatic rings. The highest BCUT2D eigenvalue weighted by Gasteiger charge is 2.04. The van der Waals surface area contributed by atoms with Crippen molar-refractivity contribution in [3.05, 3.63) is 11.8 Å². The van der Waals surface area contributed by atoms with E-state index in [1.807, 2.05) is 6.92 Å². The number of aliphatic hydroxyl groups is 1. The highest BCUT2D eigenvalue weighted by atomic mass is 16.3. The second-order valence-electron chi connectivity index (χ2n) is 3.76.